The summed E-state index contributed by atoms with van der Waals surface area (Å²) in [6.45, 7) is 1.92. The van der Waals surface area contributed by atoms with Gasteiger partial charge in [0.05, 0.1) is 5.57 Å². The second-order valence-electron chi connectivity index (χ2n) is 6.00. The normalized spacial score (nSPS) is 22.2. The Morgan fingerprint density at radius 1 is 1.12 bits per heavy atom. The highest BCUT2D eigenvalue weighted by Crippen LogP contribution is 2.30. The summed E-state index contributed by atoms with van der Waals surface area (Å²) in [5.74, 6) is -0.349. The molecule has 128 valence electrons. The van der Waals surface area contributed by atoms with E-state index in [0.717, 1.165) is 36.7 Å². The molecule has 0 unspecified atom stereocenters. The largest absolute Gasteiger partial charge is 0.349 e. The number of hydrogen-bond acceptors (Lipinski definition) is 5. The molecule has 25 heavy (non-hydrogen) atoms. The smallest absolute Gasteiger partial charge is 0.283 e. The molecule has 0 aliphatic carbocycles. The lowest BCUT2D eigenvalue weighted by molar-refractivity contribution is -0.114. The van der Waals surface area contributed by atoms with Crippen molar-refractivity contribution < 1.29 is 4.79 Å². The summed E-state index contributed by atoms with van der Waals surface area (Å²) in [5.41, 5.74) is 1.03. The summed E-state index contributed by atoms with van der Waals surface area (Å²) in [6.07, 6.45) is 5.18. The third kappa shape index (κ3) is 3.21. The molecule has 0 saturated carbocycles. The third-order valence-corrected chi connectivity index (χ3v) is 5.47. The molecule has 1 fully saturated rings. The SMILES string of the molecule is N=C1/C(=C/c2ccc(Cl)cc2)C(=O)N=C2SC(N3CCCCC3)=NN12. The number of nitrogens with one attached hydrogen (secondary N) is 1. The molecule has 0 atom stereocenters. The summed E-state index contributed by atoms with van der Waals surface area (Å²) >= 11 is 7.25. The van der Waals surface area contributed by atoms with Crippen LogP contribution in [0.15, 0.2) is 39.9 Å². The van der Waals surface area contributed by atoms with Crippen molar-refractivity contribution in [2.75, 3.05) is 13.1 Å². The molecule has 1 aromatic carbocycles. The van der Waals surface area contributed by atoms with E-state index >= 15 is 0 Å². The number of rotatable bonds is 1. The van der Waals surface area contributed by atoms with Crippen molar-refractivity contribution in [3.8, 4) is 0 Å². The maximum atomic E-state index is 12.4. The molecular formula is C17H16ClN5OS. The molecule has 3 heterocycles. The number of carbonyl (C=O) groups excluding carboxylic acids is 1. The van der Waals surface area contributed by atoms with Crippen molar-refractivity contribution in [3.05, 3.63) is 40.4 Å². The Bertz CT molecular complexity index is 824. The Morgan fingerprint density at radius 2 is 1.84 bits per heavy atom. The summed E-state index contributed by atoms with van der Waals surface area (Å²) < 4.78 is 0. The van der Waals surface area contributed by atoms with E-state index in [1.54, 1.807) is 30.3 Å². The zero-order valence-corrected chi connectivity index (χ0v) is 15.0. The zero-order valence-electron chi connectivity index (χ0n) is 13.4. The molecule has 1 saturated heterocycles. The van der Waals surface area contributed by atoms with Crippen molar-refractivity contribution in [1.82, 2.24) is 9.91 Å². The van der Waals surface area contributed by atoms with Crippen LogP contribution >= 0.6 is 23.4 Å². The van der Waals surface area contributed by atoms with Gasteiger partial charge in [0.15, 0.2) is 11.0 Å². The molecule has 1 amide bonds. The average Bonchev–Trinajstić information content (AvgIpc) is 3.05. The summed E-state index contributed by atoms with van der Waals surface area (Å²) in [6, 6.07) is 7.10. The van der Waals surface area contributed by atoms with Crippen LogP contribution in [-0.2, 0) is 4.79 Å². The lowest BCUT2D eigenvalue weighted by atomic mass is 10.1. The van der Waals surface area contributed by atoms with E-state index in [1.165, 1.54) is 23.2 Å². The van der Waals surface area contributed by atoms with E-state index in [-0.39, 0.29) is 11.4 Å². The number of hydrazone groups is 1. The van der Waals surface area contributed by atoms with Gasteiger partial charge in [-0.3, -0.25) is 10.2 Å². The quantitative estimate of drug-likeness (QED) is 0.766. The van der Waals surface area contributed by atoms with Gasteiger partial charge in [-0.05, 0) is 54.8 Å². The molecule has 8 heteroatoms. The van der Waals surface area contributed by atoms with Crippen LogP contribution < -0.4 is 0 Å². The van der Waals surface area contributed by atoms with Crippen LogP contribution in [0.1, 0.15) is 24.8 Å². The van der Waals surface area contributed by atoms with Crippen LogP contribution in [0.4, 0.5) is 0 Å². The van der Waals surface area contributed by atoms with Gasteiger partial charge in [0.25, 0.3) is 5.91 Å². The van der Waals surface area contributed by atoms with Crippen LogP contribution in [0.25, 0.3) is 6.08 Å². The van der Waals surface area contributed by atoms with Gasteiger partial charge in [-0.2, -0.15) is 10.0 Å². The number of thioether (sulfide) groups is 1. The highest BCUT2D eigenvalue weighted by atomic mass is 35.5. The molecular weight excluding hydrogens is 358 g/mol. The first-order valence-electron chi connectivity index (χ1n) is 8.12. The first-order valence-corrected chi connectivity index (χ1v) is 9.32. The number of halogens is 1. The fraction of sp³-hybridized carbons (Fsp3) is 0.294. The molecule has 1 N–H and O–H groups in total. The predicted octanol–water partition coefficient (Wildman–Crippen LogP) is 3.40. The number of amidine groups is 3. The van der Waals surface area contributed by atoms with Gasteiger partial charge in [0.1, 0.15) is 0 Å². The molecule has 0 spiro atoms. The number of piperidine rings is 1. The Kier molecular flexibility index (Phi) is 4.35. The number of aliphatic imine (C=N–C) groups is 1. The summed E-state index contributed by atoms with van der Waals surface area (Å²) in [4.78, 5) is 18.7. The fourth-order valence-electron chi connectivity index (χ4n) is 2.92. The Hall–Kier alpha value is -2.12. The van der Waals surface area contributed by atoms with Gasteiger partial charge in [0.2, 0.25) is 5.17 Å². The second kappa shape index (κ2) is 6.65. The minimum Gasteiger partial charge on any atom is -0.349 e. The summed E-state index contributed by atoms with van der Waals surface area (Å²) in [5, 5.41) is 16.3. The molecule has 4 rings (SSSR count). The van der Waals surface area contributed by atoms with Gasteiger partial charge in [-0.15, -0.1) is 5.10 Å². The van der Waals surface area contributed by atoms with Crippen molar-refractivity contribution in [1.29, 1.82) is 5.41 Å². The van der Waals surface area contributed by atoms with Gasteiger partial charge in [-0.25, -0.2) is 0 Å². The molecule has 3 aliphatic rings. The highest BCUT2D eigenvalue weighted by molar-refractivity contribution is 8.26. The van der Waals surface area contributed by atoms with Crippen LogP contribution in [0.2, 0.25) is 5.02 Å². The van der Waals surface area contributed by atoms with Crippen LogP contribution in [0, 0.1) is 5.41 Å². The average molecular weight is 374 g/mol. The Balaban J connectivity index is 1.62. The lowest BCUT2D eigenvalue weighted by Gasteiger charge is -2.26. The first kappa shape index (κ1) is 16.4. The van der Waals surface area contributed by atoms with Crippen molar-refractivity contribution in [3.63, 3.8) is 0 Å². The maximum absolute atomic E-state index is 12.4. The standard InChI is InChI=1S/C17H16ClN5OS/c18-12-6-4-11(5-7-12)10-13-14(19)23-16(20-15(13)24)25-17(21-23)22-8-2-1-3-9-22/h4-7,10,19H,1-3,8-9H2/b13-10-,19-14?. The van der Waals surface area contributed by atoms with E-state index in [1.807, 2.05) is 0 Å². The van der Waals surface area contributed by atoms with Gasteiger partial charge in [0, 0.05) is 18.1 Å². The number of hydrogen-bond donors (Lipinski definition) is 1. The zero-order chi connectivity index (χ0) is 17.4. The van der Waals surface area contributed by atoms with E-state index in [4.69, 9.17) is 17.0 Å². The van der Waals surface area contributed by atoms with E-state index in [9.17, 15) is 4.79 Å². The molecule has 1 aromatic rings. The number of fused-ring (bicyclic) bond motifs is 1. The maximum Gasteiger partial charge on any atom is 0.283 e. The fourth-order valence-corrected chi connectivity index (χ4v) is 3.99. The minimum absolute atomic E-state index is 0.0597. The number of benzene rings is 1. The number of nitrogens with zero attached hydrogens (tertiary/aromatic N) is 4. The lowest BCUT2D eigenvalue weighted by Crippen LogP contribution is -2.35. The van der Waals surface area contributed by atoms with Crippen molar-refractivity contribution >= 4 is 51.5 Å². The van der Waals surface area contributed by atoms with E-state index in [0.29, 0.717) is 10.2 Å². The molecule has 0 bridgehead atoms. The van der Waals surface area contributed by atoms with Crippen LogP contribution in [0.3, 0.4) is 0 Å². The van der Waals surface area contributed by atoms with Crippen LogP contribution in [-0.4, -0.2) is 45.1 Å². The second-order valence-corrected chi connectivity index (χ2v) is 7.37. The minimum atomic E-state index is -0.409. The molecule has 0 radical (unpaired) electrons. The van der Waals surface area contributed by atoms with E-state index < -0.39 is 5.91 Å². The van der Waals surface area contributed by atoms with E-state index in [2.05, 4.69) is 15.0 Å². The molecule has 3 aliphatic heterocycles. The monoisotopic (exact) mass is 373 g/mol. The highest BCUT2D eigenvalue weighted by Gasteiger charge is 2.37. The van der Waals surface area contributed by atoms with Crippen LogP contribution in [0.5, 0.6) is 0 Å². The van der Waals surface area contributed by atoms with Gasteiger partial charge in [-0.1, -0.05) is 23.7 Å². The first-order chi connectivity index (χ1) is 12.1. The van der Waals surface area contributed by atoms with Crippen molar-refractivity contribution in [2.24, 2.45) is 10.1 Å². The number of likely N-dealkylation sites (tertiary alicyclic amines) is 1. The third-order valence-electron chi connectivity index (χ3n) is 4.25. The van der Waals surface area contributed by atoms with Gasteiger partial charge >= 0.3 is 0 Å². The Morgan fingerprint density at radius 3 is 2.56 bits per heavy atom. The van der Waals surface area contributed by atoms with Crippen molar-refractivity contribution in [2.45, 2.75) is 19.3 Å². The number of carbonyl (C=O) groups is 1. The molecule has 6 nitrogen and oxygen atoms in total. The topological polar surface area (TPSA) is 72.1 Å². The van der Waals surface area contributed by atoms with Gasteiger partial charge < -0.3 is 4.90 Å². The predicted molar refractivity (Wildman–Crippen MR) is 102 cm³/mol. The Labute approximate surface area is 154 Å². The summed E-state index contributed by atoms with van der Waals surface area (Å²) in [7, 11) is 0. The molecule has 0 aromatic heterocycles. The number of amides is 1.